The van der Waals surface area contributed by atoms with Gasteiger partial charge in [-0.05, 0) is 12.0 Å². The molecule has 0 aliphatic carbocycles. The fourth-order valence-corrected chi connectivity index (χ4v) is 2.14. The minimum atomic E-state index is -1.72. The Hall–Kier alpha value is -3.04. The summed E-state index contributed by atoms with van der Waals surface area (Å²) in [7, 11) is -1.72. The largest absolute Gasteiger partial charge is 0.475 e. The van der Waals surface area contributed by atoms with E-state index in [0.29, 0.717) is 5.69 Å². The summed E-state index contributed by atoms with van der Waals surface area (Å²) >= 11 is 0. The fourth-order valence-electron chi connectivity index (χ4n) is 2.14. The molecule has 4 N–H and O–H groups in total. The van der Waals surface area contributed by atoms with Crippen molar-refractivity contribution in [1.82, 2.24) is 20.6 Å². The lowest BCUT2D eigenvalue weighted by Gasteiger charge is -2.16. The average molecular weight is 354 g/mol. The van der Waals surface area contributed by atoms with E-state index in [1.165, 1.54) is 18.6 Å². The Morgan fingerprint density at radius 1 is 1.12 bits per heavy atom. The molecule has 1 aromatic carbocycles. The van der Waals surface area contributed by atoms with E-state index in [1.807, 2.05) is 30.3 Å². The van der Waals surface area contributed by atoms with Crippen molar-refractivity contribution in [3.63, 3.8) is 0 Å². The molecular formula is C17H19BN4O4. The van der Waals surface area contributed by atoms with Crippen LogP contribution >= 0.6 is 0 Å². The van der Waals surface area contributed by atoms with Gasteiger partial charge in [0.15, 0.2) is 0 Å². The summed E-state index contributed by atoms with van der Waals surface area (Å²) < 4.78 is 0. The van der Waals surface area contributed by atoms with E-state index in [2.05, 4.69) is 20.6 Å². The molecule has 26 heavy (non-hydrogen) atoms. The summed E-state index contributed by atoms with van der Waals surface area (Å²) in [5, 5.41) is 23.9. The predicted octanol–water partition coefficient (Wildman–Crippen LogP) is -0.612. The Morgan fingerprint density at radius 2 is 1.85 bits per heavy atom. The topological polar surface area (TPSA) is 124 Å². The maximum atomic E-state index is 11.9. The number of hydrogen-bond acceptors (Lipinski definition) is 6. The van der Waals surface area contributed by atoms with Gasteiger partial charge in [-0.2, -0.15) is 0 Å². The Kier molecular flexibility index (Phi) is 7.47. The molecule has 0 saturated carbocycles. The highest BCUT2D eigenvalue weighted by atomic mass is 16.4. The van der Waals surface area contributed by atoms with Gasteiger partial charge in [0.1, 0.15) is 0 Å². The summed E-state index contributed by atoms with van der Waals surface area (Å²) in [4.78, 5) is 31.5. The average Bonchev–Trinajstić information content (AvgIpc) is 2.66. The summed E-state index contributed by atoms with van der Waals surface area (Å²) in [5.41, 5.74) is 1.43. The molecule has 1 aromatic heterocycles. The van der Waals surface area contributed by atoms with Gasteiger partial charge in [-0.1, -0.05) is 30.3 Å². The van der Waals surface area contributed by atoms with Crippen LogP contribution in [0.3, 0.4) is 0 Å². The first kappa shape index (κ1) is 19.3. The van der Waals surface area contributed by atoms with E-state index in [1.54, 1.807) is 0 Å². The number of aromatic nitrogens is 2. The molecule has 0 bridgehead atoms. The van der Waals surface area contributed by atoms with E-state index in [-0.39, 0.29) is 13.0 Å². The van der Waals surface area contributed by atoms with Gasteiger partial charge >= 0.3 is 7.12 Å². The molecule has 0 aliphatic rings. The Morgan fingerprint density at radius 3 is 2.50 bits per heavy atom. The number of benzene rings is 1. The number of carbonyl (C=O) groups is 2. The normalized spacial score (nSPS) is 11.8. The van der Waals surface area contributed by atoms with Gasteiger partial charge in [-0.3, -0.25) is 19.6 Å². The quantitative estimate of drug-likeness (QED) is 0.370. The van der Waals surface area contributed by atoms with Crippen LogP contribution in [0.25, 0.3) is 0 Å². The molecule has 0 saturated heterocycles. The lowest BCUT2D eigenvalue weighted by atomic mass is 9.76. The van der Waals surface area contributed by atoms with Crippen molar-refractivity contribution in [3.05, 3.63) is 72.3 Å². The minimum absolute atomic E-state index is 0.185. The first-order valence-electron chi connectivity index (χ1n) is 7.96. The number of nitrogens with zero attached hydrogens (tertiary/aromatic N) is 2. The highest BCUT2D eigenvalue weighted by molar-refractivity contribution is 6.43. The molecule has 0 fully saturated rings. The highest BCUT2D eigenvalue weighted by Crippen LogP contribution is 2.04. The van der Waals surface area contributed by atoms with Crippen LogP contribution in [-0.4, -0.2) is 44.9 Å². The lowest BCUT2D eigenvalue weighted by molar-refractivity contribution is -0.119. The van der Waals surface area contributed by atoms with E-state index in [4.69, 9.17) is 0 Å². The minimum Gasteiger partial charge on any atom is -0.426 e. The summed E-state index contributed by atoms with van der Waals surface area (Å²) in [5.74, 6) is -1.97. The molecule has 2 rings (SSSR count). The molecule has 1 atom stereocenters. The molecule has 9 heteroatoms. The van der Waals surface area contributed by atoms with Crippen LogP contribution in [0, 0.1) is 0 Å². The zero-order valence-corrected chi connectivity index (χ0v) is 13.9. The second-order valence-corrected chi connectivity index (χ2v) is 5.47. The van der Waals surface area contributed by atoms with Crippen LogP contribution in [0.15, 0.2) is 61.1 Å². The Bertz CT molecular complexity index is 741. The molecule has 1 unspecified atom stereocenters. The van der Waals surface area contributed by atoms with Gasteiger partial charge in [0.2, 0.25) is 11.8 Å². The predicted molar refractivity (Wildman–Crippen MR) is 95.3 cm³/mol. The number of hydrogen-bond donors (Lipinski definition) is 4. The lowest BCUT2D eigenvalue weighted by Crippen LogP contribution is -2.47. The molecule has 1 heterocycles. The Balaban J connectivity index is 1.82. The number of rotatable bonds is 8. The van der Waals surface area contributed by atoms with Gasteiger partial charge in [0.25, 0.3) is 0 Å². The van der Waals surface area contributed by atoms with Crippen molar-refractivity contribution in [1.29, 1.82) is 0 Å². The molecule has 0 spiro atoms. The van der Waals surface area contributed by atoms with Crippen molar-refractivity contribution in [3.8, 4) is 0 Å². The smallest absolute Gasteiger partial charge is 0.426 e. The number of carbonyl (C=O) groups excluding carboxylic acids is 2. The van der Waals surface area contributed by atoms with Crippen LogP contribution in [0.2, 0.25) is 0 Å². The first-order chi connectivity index (χ1) is 12.5. The van der Waals surface area contributed by atoms with Crippen molar-refractivity contribution < 1.29 is 19.6 Å². The van der Waals surface area contributed by atoms with Gasteiger partial charge < -0.3 is 20.7 Å². The third kappa shape index (κ3) is 6.84. The van der Waals surface area contributed by atoms with Gasteiger partial charge in [-0.25, -0.2) is 0 Å². The number of amides is 2. The number of nitrogens with one attached hydrogen (secondary N) is 2. The molecule has 2 aromatic rings. The zero-order chi connectivity index (χ0) is 18.8. The van der Waals surface area contributed by atoms with E-state index in [9.17, 15) is 19.6 Å². The third-order valence-electron chi connectivity index (χ3n) is 3.43. The van der Waals surface area contributed by atoms with Gasteiger partial charge in [-0.15, -0.1) is 0 Å². The van der Waals surface area contributed by atoms with E-state index >= 15 is 0 Å². The second kappa shape index (κ2) is 10.1. The fraction of sp³-hybridized carbons (Fsp3) is 0.176. The molecule has 2 amide bonds. The highest BCUT2D eigenvalue weighted by Gasteiger charge is 2.24. The van der Waals surface area contributed by atoms with Crippen LogP contribution in [0.5, 0.6) is 0 Å². The summed E-state index contributed by atoms with van der Waals surface area (Å²) in [6, 6.07) is 9.11. The van der Waals surface area contributed by atoms with Crippen LogP contribution in [0.4, 0.5) is 0 Å². The van der Waals surface area contributed by atoms with Gasteiger partial charge in [0, 0.05) is 24.5 Å². The van der Waals surface area contributed by atoms with E-state index in [0.717, 1.165) is 17.7 Å². The molecule has 0 radical (unpaired) electrons. The Labute approximate surface area is 151 Å². The van der Waals surface area contributed by atoms with Crippen molar-refractivity contribution in [2.75, 3.05) is 0 Å². The monoisotopic (exact) mass is 354 g/mol. The van der Waals surface area contributed by atoms with Crippen molar-refractivity contribution >= 4 is 18.9 Å². The standard InChI is InChI=1S/C17H19BN4O4/c23-16(21-12-14-11-19-8-9-20-14)6-7-17(24)22-15(18(25)26)10-13-4-2-1-3-5-13/h1-9,11,15,25-26H,10,12H2,(H,21,23)(H,22,24)/b7-6+. The van der Waals surface area contributed by atoms with Crippen LogP contribution in [0.1, 0.15) is 11.3 Å². The second-order valence-electron chi connectivity index (χ2n) is 5.47. The zero-order valence-electron chi connectivity index (χ0n) is 13.9. The maximum Gasteiger partial charge on any atom is 0.475 e. The van der Waals surface area contributed by atoms with Crippen molar-refractivity contribution in [2.45, 2.75) is 18.9 Å². The molecule has 0 aliphatic heterocycles. The first-order valence-corrected chi connectivity index (χ1v) is 7.96. The van der Waals surface area contributed by atoms with Crippen LogP contribution in [-0.2, 0) is 22.6 Å². The van der Waals surface area contributed by atoms with Crippen molar-refractivity contribution in [2.24, 2.45) is 0 Å². The summed E-state index contributed by atoms with van der Waals surface area (Å²) in [6.45, 7) is 0.185. The molecule has 134 valence electrons. The van der Waals surface area contributed by atoms with E-state index < -0.39 is 24.9 Å². The molecular weight excluding hydrogens is 335 g/mol. The SMILES string of the molecule is O=C(/C=C/C(=O)NC(Cc1ccccc1)B(O)O)NCc1cnccn1. The maximum absolute atomic E-state index is 11.9. The summed E-state index contributed by atoms with van der Waals surface area (Å²) in [6.07, 6.45) is 6.90. The third-order valence-corrected chi connectivity index (χ3v) is 3.43. The molecule has 8 nitrogen and oxygen atoms in total. The van der Waals surface area contributed by atoms with Gasteiger partial charge in [0.05, 0.1) is 24.4 Å². The van der Waals surface area contributed by atoms with Crippen LogP contribution < -0.4 is 10.6 Å².